The van der Waals surface area contributed by atoms with E-state index in [1.165, 1.54) is 12.8 Å². The number of carbonyl (C=O) groups excluding carboxylic acids is 1. The van der Waals surface area contributed by atoms with E-state index in [1.54, 1.807) is 0 Å². The lowest BCUT2D eigenvalue weighted by atomic mass is 9.86. The van der Waals surface area contributed by atoms with Crippen molar-refractivity contribution in [2.24, 2.45) is 0 Å². The van der Waals surface area contributed by atoms with Gasteiger partial charge in [0.15, 0.2) is 8.32 Å². The Morgan fingerprint density at radius 1 is 1.38 bits per heavy atom. The van der Waals surface area contributed by atoms with Gasteiger partial charge in [-0.3, -0.25) is 9.69 Å². The maximum absolute atomic E-state index is 12.0. The highest BCUT2D eigenvalue weighted by molar-refractivity contribution is 6.74. The lowest BCUT2D eigenvalue weighted by molar-refractivity contribution is -0.218. The van der Waals surface area contributed by atoms with Gasteiger partial charge in [0.2, 0.25) is 6.29 Å². The molecule has 3 rings (SSSR count). The second kappa shape index (κ2) is 6.38. The van der Waals surface area contributed by atoms with E-state index in [0.717, 1.165) is 26.0 Å². The summed E-state index contributed by atoms with van der Waals surface area (Å²) in [6, 6.07) is 0.456. The third-order valence-electron chi connectivity index (χ3n) is 6.54. The monoisotopic (exact) mass is 355 g/mol. The predicted molar refractivity (Wildman–Crippen MR) is 95.3 cm³/mol. The molecule has 3 heterocycles. The van der Waals surface area contributed by atoms with Crippen LogP contribution >= 0.6 is 0 Å². The predicted octanol–water partition coefficient (Wildman–Crippen LogP) is 3.29. The van der Waals surface area contributed by atoms with Crippen molar-refractivity contribution in [2.45, 2.75) is 88.9 Å². The van der Waals surface area contributed by atoms with E-state index < -0.39 is 8.32 Å². The SMILES string of the molecule is CC(C)(C)[Si](C)(C)OCCC[C@@]12CC(=O)O[C@@H]1OC[C@@H]1CCCN12. The molecule has 5 nitrogen and oxygen atoms in total. The highest BCUT2D eigenvalue weighted by atomic mass is 28.4. The Hall–Kier alpha value is -0.433. The van der Waals surface area contributed by atoms with Crippen LogP contribution in [-0.2, 0) is 18.7 Å². The molecule has 0 N–H and O–H groups in total. The van der Waals surface area contributed by atoms with Crippen LogP contribution in [0.2, 0.25) is 18.1 Å². The van der Waals surface area contributed by atoms with Crippen LogP contribution in [0.15, 0.2) is 0 Å². The number of hydrogen-bond acceptors (Lipinski definition) is 5. The molecule has 0 aromatic carbocycles. The first-order valence-electron chi connectivity index (χ1n) is 9.37. The van der Waals surface area contributed by atoms with Gasteiger partial charge in [0.1, 0.15) is 0 Å². The van der Waals surface area contributed by atoms with Gasteiger partial charge >= 0.3 is 5.97 Å². The standard InChI is InChI=1S/C18H33NO4Si/c1-17(2,3)24(4,5)22-11-7-9-18-12-15(20)23-16(18)21-13-14-8-6-10-19(14)18/h14,16H,6-13H2,1-5H3/t14-,16-,18+/m0/s1. The summed E-state index contributed by atoms with van der Waals surface area (Å²) < 4.78 is 17.7. The van der Waals surface area contributed by atoms with Crippen LogP contribution in [0.5, 0.6) is 0 Å². The van der Waals surface area contributed by atoms with Crippen molar-refractivity contribution in [3.63, 3.8) is 0 Å². The molecule has 3 aliphatic heterocycles. The first kappa shape index (κ1) is 18.4. The van der Waals surface area contributed by atoms with E-state index in [9.17, 15) is 4.79 Å². The Kier molecular flexibility index (Phi) is 4.88. The topological polar surface area (TPSA) is 48.0 Å². The Labute approximate surface area is 147 Å². The Balaban J connectivity index is 1.62. The molecule has 0 saturated carbocycles. The van der Waals surface area contributed by atoms with Crippen LogP contribution in [0, 0.1) is 0 Å². The zero-order chi connectivity index (χ0) is 17.6. The van der Waals surface area contributed by atoms with E-state index in [2.05, 4.69) is 38.8 Å². The van der Waals surface area contributed by atoms with Crippen molar-refractivity contribution in [1.82, 2.24) is 4.90 Å². The normalized spacial score (nSPS) is 34.1. The van der Waals surface area contributed by atoms with E-state index in [-0.39, 0.29) is 22.8 Å². The first-order chi connectivity index (χ1) is 11.2. The van der Waals surface area contributed by atoms with Gasteiger partial charge in [-0.2, -0.15) is 0 Å². The number of fused-ring (bicyclic) bond motifs is 3. The van der Waals surface area contributed by atoms with Gasteiger partial charge in [0.25, 0.3) is 0 Å². The third kappa shape index (κ3) is 3.18. The summed E-state index contributed by atoms with van der Waals surface area (Å²) in [7, 11) is -1.71. The fourth-order valence-corrected chi connectivity index (χ4v) is 5.18. The van der Waals surface area contributed by atoms with E-state index in [4.69, 9.17) is 13.9 Å². The van der Waals surface area contributed by atoms with Gasteiger partial charge in [-0.25, -0.2) is 0 Å². The van der Waals surface area contributed by atoms with Gasteiger partial charge in [0.05, 0.1) is 18.6 Å². The summed E-state index contributed by atoms with van der Waals surface area (Å²) in [5, 5.41) is 0.230. The molecule has 0 amide bonds. The van der Waals surface area contributed by atoms with Gasteiger partial charge in [-0.05, 0) is 50.4 Å². The summed E-state index contributed by atoms with van der Waals surface area (Å²) in [5.74, 6) is -0.113. The number of hydrogen-bond donors (Lipinski definition) is 0. The molecule has 0 unspecified atom stereocenters. The van der Waals surface area contributed by atoms with Crippen molar-refractivity contribution in [3.8, 4) is 0 Å². The van der Waals surface area contributed by atoms with Gasteiger partial charge in [-0.1, -0.05) is 20.8 Å². The number of ether oxygens (including phenoxy) is 2. The average Bonchev–Trinajstić information content (AvgIpc) is 3.05. The third-order valence-corrected chi connectivity index (χ3v) is 11.1. The largest absolute Gasteiger partial charge is 0.434 e. The van der Waals surface area contributed by atoms with Crippen molar-refractivity contribution < 1.29 is 18.7 Å². The summed E-state index contributed by atoms with van der Waals surface area (Å²) in [6.45, 7) is 13.9. The quantitative estimate of drug-likeness (QED) is 0.430. The second-order valence-electron chi connectivity index (χ2n) is 9.14. The van der Waals surface area contributed by atoms with Crippen molar-refractivity contribution in [3.05, 3.63) is 0 Å². The fraction of sp³-hybridized carbons (Fsp3) is 0.944. The Morgan fingerprint density at radius 2 is 2.12 bits per heavy atom. The van der Waals surface area contributed by atoms with Crippen LogP contribution in [0.3, 0.4) is 0 Å². The van der Waals surface area contributed by atoms with Gasteiger partial charge < -0.3 is 13.9 Å². The number of carbonyl (C=O) groups is 1. The van der Waals surface area contributed by atoms with E-state index >= 15 is 0 Å². The van der Waals surface area contributed by atoms with Crippen molar-refractivity contribution >= 4 is 14.3 Å². The number of esters is 1. The number of morpholine rings is 1. The fourth-order valence-electron chi connectivity index (χ4n) is 4.10. The number of rotatable bonds is 5. The highest BCUT2D eigenvalue weighted by Gasteiger charge is 2.58. The molecule has 3 atom stereocenters. The first-order valence-corrected chi connectivity index (χ1v) is 12.3. The van der Waals surface area contributed by atoms with Crippen LogP contribution in [0.4, 0.5) is 0 Å². The van der Waals surface area contributed by atoms with Gasteiger partial charge in [-0.15, -0.1) is 0 Å². The summed E-state index contributed by atoms with van der Waals surface area (Å²) >= 11 is 0. The lowest BCUT2D eigenvalue weighted by Gasteiger charge is -2.48. The minimum absolute atomic E-state index is 0.113. The van der Waals surface area contributed by atoms with Crippen LogP contribution in [-0.4, -0.2) is 56.8 Å². The molecule has 0 aliphatic carbocycles. The Bertz CT molecular complexity index is 490. The molecule has 3 saturated heterocycles. The molecule has 3 fully saturated rings. The molecule has 0 bridgehead atoms. The van der Waals surface area contributed by atoms with Crippen molar-refractivity contribution in [1.29, 1.82) is 0 Å². The van der Waals surface area contributed by atoms with Crippen molar-refractivity contribution in [2.75, 3.05) is 19.8 Å². The van der Waals surface area contributed by atoms with Crippen LogP contribution in [0.1, 0.15) is 52.9 Å². The molecule has 0 spiro atoms. The summed E-state index contributed by atoms with van der Waals surface area (Å²) in [6.07, 6.45) is 4.31. The summed E-state index contributed by atoms with van der Waals surface area (Å²) in [4.78, 5) is 14.5. The molecule has 3 aliphatic rings. The minimum Gasteiger partial charge on any atom is -0.434 e. The second-order valence-corrected chi connectivity index (χ2v) is 13.9. The Morgan fingerprint density at radius 3 is 2.83 bits per heavy atom. The smallest absolute Gasteiger partial charge is 0.310 e. The molecular weight excluding hydrogens is 322 g/mol. The molecule has 138 valence electrons. The number of nitrogens with zero attached hydrogens (tertiary/aromatic N) is 1. The summed E-state index contributed by atoms with van der Waals surface area (Å²) in [5.41, 5.74) is -0.257. The molecule has 24 heavy (non-hydrogen) atoms. The minimum atomic E-state index is -1.71. The molecular formula is C18H33NO4Si. The van der Waals surface area contributed by atoms with Crippen LogP contribution < -0.4 is 0 Å². The molecule has 0 aromatic heterocycles. The average molecular weight is 356 g/mol. The molecule has 0 radical (unpaired) electrons. The zero-order valence-electron chi connectivity index (χ0n) is 15.9. The molecule has 0 aromatic rings. The maximum atomic E-state index is 12.0. The highest BCUT2D eigenvalue weighted by Crippen LogP contribution is 2.45. The molecule has 6 heteroatoms. The lowest BCUT2D eigenvalue weighted by Crippen LogP contribution is -2.62. The van der Waals surface area contributed by atoms with Gasteiger partial charge in [0, 0.05) is 12.6 Å². The van der Waals surface area contributed by atoms with Crippen LogP contribution in [0.25, 0.3) is 0 Å². The maximum Gasteiger partial charge on any atom is 0.310 e. The zero-order valence-corrected chi connectivity index (χ0v) is 16.9. The van der Waals surface area contributed by atoms with E-state index in [1.807, 2.05) is 0 Å². The van der Waals surface area contributed by atoms with E-state index in [0.29, 0.717) is 19.1 Å².